The van der Waals surface area contributed by atoms with Gasteiger partial charge in [0.05, 0.1) is 9.79 Å². The summed E-state index contributed by atoms with van der Waals surface area (Å²) in [7, 11) is -3.28. The molecule has 0 N–H and O–H groups in total. The van der Waals surface area contributed by atoms with E-state index in [0.717, 1.165) is 26.7 Å². The smallest absolute Gasteiger partial charge is 0.175 e. The van der Waals surface area contributed by atoms with E-state index in [1.165, 1.54) is 24.1 Å². The number of hydrogen-bond donors (Lipinski definition) is 0. The second-order valence-electron chi connectivity index (χ2n) is 6.91. The second-order valence-corrected chi connectivity index (χ2v) is 10.5. The van der Waals surface area contributed by atoms with E-state index < -0.39 is 9.84 Å². The molecular formula is C22H18ClFN2O2S2. The Kier molecular flexibility index (Phi) is 5.86. The van der Waals surface area contributed by atoms with Gasteiger partial charge in [-0.25, -0.2) is 17.5 Å². The largest absolute Gasteiger partial charge is 0.243 e. The molecule has 1 aliphatic rings. The number of benzene rings is 2. The van der Waals surface area contributed by atoms with Gasteiger partial charge in [-0.1, -0.05) is 35.5 Å². The van der Waals surface area contributed by atoms with Crippen LogP contribution in [0.1, 0.15) is 12.8 Å². The zero-order valence-corrected chi connectivity index (χ0v) is 18.4. The van der Waals surface area contributed by atoms with Crippen molar-refractivity contribution in [2.45, 2.75) is 27.5 Å². The molecule has 1 aromatic heterocycles. The summed E-state index contributed by atoms with van der Waals surface area (Å²) in [4.78, 5) is 2.16. The second kappa shape index (κ2) is 8.41. The number of allylic oxidation sites excluding steroid dienone is 4. The van der Waals surface area contributed by atoms with Crippen molar-refractivity contribution in [2.75, 3.05) is 6.26 Å². The van der Waals surface area contributed by atoms with Gasteiger partial charge in [-0.15, -0.1) is 0 Å². The van der Waals surface area contributed by atoms with Gasteiger partial charge in [0.25, 0.3) is 0 Å². The molecule has 0 fully saturated rings. The number of nitrogens with zero attached hydrogens (tertiary/aromatic N) is 2. The molecule has 30 heavy (non-hydrogen) atoms. The van der Waals surface area contributed by atoms with E-state index in [-0.39, 0.29) is 10.7 Å². The van der Waals surface area contributed by atoms with Crippen LogP contribution in [0.25, 0.3) is 17.0 Å². The quantitative estimate of drug-likeness (QED) is 0.451. The fourth-order valence-corrected chi connectivity index (χ4v) is 4.75. The van der Waals surface area contributed by atoms with Crippen molar-refractivity contribution < 1.29 is 12.8 Å². The first-order valence-corrected chi connectivity index (χ1v) is 12.3. The number of rotatable bonds is 5. The van der Waals surface area contributed by atoms with E-state index in [1.54, 1.807) is 35.0 Å². The standard InChI is InChI=1S/C22H18ClFN2O2S2/c1-30(27,28)20-12-2-15(3-13-20)22-21(29-19-10-4-16(23)5-11-19)14-26(25-22)18-8-6-17(24)7-9-18/h2-6,8,10-14H,7,9H2,1H3. The molecule has 2 aromatic carbocycles. The number of sulfone groups is 1. The van der Waals surface area contributed by atoms with Crippen LogP contribution in [0.15, 0.2) is 87.4 Å². The van der Waals surface area contributed by atoms with E-state index in [1.807, 2.05) is 30.5 Å². The van der Waals surface area contributed by atoms with Crippen LogP contribution >= 0.6 is 23.4 Å². The molecule has 0 bridgehead atoms. The van der Waals surface area contributed by atoms with Crippen LogP contribution in [-0.2, 0) is 9.84 Å². The Balaban J connectivity index is 1.76. The molecule has 1 heterocycles. The molecule has 0 spiro atoms. The number of halogens is 2. The van der Waals surface area contributed by atoms with Crippen LogP contribution in [0.4, 0.5) is 4.39 Å². The van der Waals surface area contributed by atoms with Gasteiger partial charge < -0.3 is 0 Å². The summed E-state index contributed by atoms with van der Waals surface area (Å²) in [5.41, 5.74) is 2.43. The Bertz CT molecular complexity index is 1250. The normalized spacial score (nSPS) is 14.4. The molecule has 3 aromatic rings. The van der Waals surface area contributed by atoms with Crippen molar-refractivity contribution >= 4 is 38.9 Å². The molecule has 8 heteroatoms. The minimum atomic E-state index is -3.28. The lowest BCUT2D eigenvalue weighted by Gasteiger charge is -2.10. The van der Waals surface area contributed by atoms with Crippen LogP contribution in [-0.4, -0.2) is 24.5 Å². The highest BCUT2D eigenvalue weighted by Gasteiger charge is 2.17. The molecule has 0 radical (unpaired) electrons. The summed E-state index contributed by atoms with van der Waals surface area (Å²) >= 11 is 7.53. The van der Waals surface area contributed by atoms with Crippen molar-refractivity contribution in [2.24, 2.45) is 0 Å². The predicted molar refractivity (Wildman–Crippen MR) is 119 cm³/mol. The summed E-state index contributed by atoms with van der Waals surface area (Å²) in [6, 6.07) is 14.2. The van der Waals surface area contributed by atoms with Gasteiger partial charge >= 0.3 is 0 Å². The highest BCUT2D eigenvalue weighted by molar-refractivity contribution is 7.99. The zero-order chi connectivity index (χ0) is 21.3. The first-order chi connectivity index (χ1) is 14.3. The summed E-state index contributed by atoms with van der Waals surface area (Å²) in [6.45, 7) is 0. The van der Waals surface area contributed by atoms with Crippen LogP contribution in [0, 0.1) is 0 Å². The molecule has 154 valence electrons. The molecule has 0 atom stereocenters. The fraction of sp³-hybridized carbons (Fsp3) is 0.136. The lowest BCUT2D eigenvalue weighted by atomic mass is 10.1. The Labute approximate surface area is 184 Å². The maximum Gasteiger partial charge on any atom is 0.175 e. The van der Waals surface area contributed by atoms with Gasteiger partial charge in [0.1, 0.15) is 11.5 Å². The van der Waals surface area contributed by atoms with Crippen molar-refractivity contribution in [3.63, 3.8) is 0 Å². The van der Waals surface area contributed by atoms with Gasteiger partial charge in [-0.2, -0.15) is 5.10 Å². The summed E-state index contributed by atoms with van der Waals surface area (Å²) < 4.78 is 38.7. The van der Waals surface area contributed by atoms with Crippen molar-refractivity contribution in [1.29, 1.82) is 0 Å². The molecule has 0 saturated carbocycles. The first-order valence-electron chi connectivity index (χ1n) is 9.19. The third kappa shape index (κ3) is 4.69. The zero-order valence-electron chi connectivity index (χ0n) is 16.0. The van der Waals surface area contributed by atoms with Gasteiger partial charge in [-0.3, -0.25) is 0 Å². The van der Waals surface area contributed by atoms with Crippen molar-refractivity contribution in [3.05, 3.63) is 77.7 Å². The molecule has 1 aliphatic carbocycles. The Morgan fingerprint density at radius 1 is 1.03 bits per heavy atom. The number of hydrogen-bond acceptors (Lipinski definition) is 4. The third-order valence-corrected chi connectivity index (χ3v) is 7.06. The summed E-state index contributed by atoms with van der Waals surface area (Å²) in [5, 5.41) is 5.40. The topological polar surface area (TPSA) is 52.0 Å². The number of aromatic nitrogens is 2. The van der Waals surface area contributed by atoms with E-state index in [2.05, 4.69) is 0 Å². The molecule has 0 aliphatic heterocycles. The maximum absolute atomic E-state index is 13.4. The maximum atomic E-state index is 13.4. The Morgan fingerprint density at radius 2 is 1.73 bits per heavy atom. The highest BCUT2D eigenvalue weighted by atomic mass is 35.5. The van der Waals surface area contributed by atoms with Gasteiger partial charge in [-0.05, 0) is 55.0 Å². The Hall–Kier alpha value is -2.35. The fourth-order valence-electron chi connectivity index (χ4n) is 3.06. The van der Waals surface area contributed by atoms with Crippen LogP contribution < -0.4 is 0 Å². The van der Waals surface area contributed by atoms with Crippen LogP contribution in [0.2, 0.25) is 5.02 Å². The highest BCUT2D eigenvalue weighted by Crippen LogP contribution is 2.37. The van der Waals surface area contributed by atoms with E-state index >= 15 is 0 Å². The van der Waals surface area contributed by atoms with Crippen LogP contribution in [0.3, 0.4) is 0 Å². The SMILES string of the molecule is CS(=O)(=O)c1ccc(-c2nn(C3=CC=C(F)CC3)cc2Sc2ccc(Cl)cc2)cc1. The van der Waals surface area contributed by atoms with Crippen molar-refractivity contribution in [1.82, 2.24) is 9.78 Å². The first kappa shape index (κ1) is 20.9. The van der Waals surface area contributed by atoms with E-state index in [4.69, 9.17) is 16.7 Å². The average molecular weight is 461 g/mol. The molecule has 0 amide bonds. The third-order valence-electron chi connectivity index (χ3n) is 4.65. The molecule has 0 saturated heterocycles. The summed E-state index contributed by atoms with van der Waals surface area (Å²) in [6.07, 6.45) is 7.21. The minimum absolute atomic E-state index is 0.141. The molecule has 4 nitrogen and oxygen atoms in total. The predicted octanol–water partition coefficient (Wildman–Crippen LogP) is 6.25. The van der Waals surface area contributed by atoms with Crippen LogP contribution in [0.5, 0.6) is 0 Å². The Morgan fingerprint density at radius 3 is 2.33 bits per heavy atom. The van der Waals surface area contributed by atoms with Gasteiger partial charge in [0, 0.05) is 40.1 Å². The van der Waals surface area contributed by atoms with Gasteiger partial charge in [0.15, 0.2) is 9.84 Å². The average Bonchev–Trinajstić information content (AvgIpc) is 3.13. The van der Waals surface area contributed by atoms with E-state index in [9.17, 15) is 12.8 Å². The molecule has 0 unspecified atom stereocenters. The monoisotopic (exact) mass is 460 g/mol. The summed E-state index contributed by atoms with van der Waals surface area (Å²) in [5.74, 6) is -0.141. The minimum Gasteiger partial charge on any atom is -0.243 e. The lowest BCUT2D eigenvalue weighted by Crippen LogP contribution is -2.01. The molecular weight excluding hydrogens is 443 g/mol. The van der Waals surface area contributed by atoms with Crippen molar-refractivity contribution in [3.8, 4) is 11.3 Å². The molecule has 4 rings (SSSR count). The lowest BCUT2D eigenvalue weighted by molar-refractivity contribution is 0.584. The van der Waals surface area contributed by atoms with E-state index in [0.29, 0.717) is 17.9 Å². The van der Waals surface area contributed by atoms with Gasteiger partial charge in [0.2, 0.25) is 0 Å².